The molecule has 3 N–H and O–H groups in total. The minimum Gasteiger partial charge on any atom is -0.486 e. The molecule has 0 saturated heterocycles. The molecule has 3 amide bonds. The molecule has 1 heterocycles. The summed E-state index contributed by atoms with van der Waals surface area (Å²) < 4.78 is 5.78. The van der Waals surface area contributed by atoms with Gasteiger partial charge in [-0.15, -0.1) is 0 Å². The summed E-state index contributed by atoms with van der Waals surface area (Å²) in [5, 5.41) is 14.2. The van der Waals surface area contributed by atoms with Crippen LogP contribution in [-0.2, 0) is 9.59 Å². The van der Waals surface area contributed by atoms with Gasteiger partial charge in [-0.25, -0.2) is 4.79 Å². The molecule has 0 radical (unpaired) electrons. The summed E-state index contributed by atoms with van der Waals surface area (Å²) in [7, 11) is 1.29. The van der Waals surface area contributed by atoms with E-state index < -0.39 is 36.1 Å². The summed E-state index contributed by atoms with van der Waals surface area (Å²) in [5.41, 5.74) is 1.51. The van der Waals surface area contributed by atoms with Crippen LogP contribution in [0.2, 0.25) is 0 Å². The van der Waals surface area contributed by atoms with Crippen LogP contribution in [0.1, 0.15) is 19.4 Å². The first-order chi connectivity index (χ1) is 11.2. The Bertz CT molecular complexity index is 676. The third-order valence-electron chi connectivity index (χ3n) is 4.02. The quantitative estimate of drug-likeness (QED) is 0.769. The van der Waals surface area contributed by atoms with Crippen LogP contribution in [0, 0.1) is 6.92 Å². The van der Waals surface area contributed by atoms with Gasteiger partial charge in [-0.3, -0.25) is 14.5 Å². The van der Waals surface area contributed by atoms with E-state index in [0.29, 0.717) is 11.4 Å². The number of hydrogen-bond donors (Lipinski definition) is 3. The number of nitrogens with zero attached hydrogens (tertiary/aromatic N) is 1. The Labute approximate surface area is 139 Å². The lowest BCUT2D eigenvalue weighted by Crippen LogP contribution is -2.55. The number of anilines is 1. The first kappa shape index (κ1) is 17.6. The Morgan fingerprint density at radius 3 is 2.71 bits per heavy atom. The van der Waals surface area contributed by atoms with E-state index in [1.807, 2.05) is 13.0 Å². The van der Waals surface area contributed by atoms with Gasteiger partial charge in [0.1, 0.15) is 23.9 Å². The van der Waals surface area contributed by atoms with E-state index in [4.69, 9.17) is 9.84 Å². The molecule has 0 spiro atoms. The van der Waals surface area contributed by atoms with Crippen molar-refractivity contribution in [1.82, 2.24) is 10.2 Å². The Balaban J connectivity index is 2.16. The molecule has 0 bridgehead atoms. The topological polar surface area (TPSA) is 108 Å². The van der Waals surface area contributed by atoms with Crippen molar-refractivity contribution in [1.29, 1.82) is 0 Å². The van der Waals surface area contributed by atoms with Gasteiger partial charge in [-0.2, -0.15) is 0 Å². The minimum atomic E-state index is -1.23. The molecule has 0 aliphatic carbocycles. The summed E-state index contributed by atoms with van der Waals surface area (Å²) in [4.78, 5) is 36.4. The molecule has 0 fully saturated rings. The molecule has 1 aliphatic heterocycles. The number of nitrogens with one attached hydrogen (secondary N) is 2. The first-order valence-corrected chi connectivity index (χ1v) is 7.55. The molecule has 8 heteroatoms. The van der Waals surface area contributed by atoms with E-state index in [-0.39, 0.29) is 0 Å². The predicted octanol–water partition coefficient (Wildman–Crippen LogP) is 1.20. The fraction of sp³-hybridized carbons (Fsp3) is 0.438. The molecule has 1 aromatic rings. The lowest BCUT2D eigenvalue weighted by Gasteiger charge is -2.26. The van der Waals surface area contributed by atoms with Gasteiger partial charge < -0.3 is 20.5 Å². The SMILES string of the molecule is Cc1ccc2c(c1)O[C@@H](C)[C@H](NC(=O)[C@H](C)N(C)C(=O)O)C(=O)N2. The van der Waals surface area contributed by atoms with Crippen LogP contribution in [0.15, 0.2) is 18.2 Å². The van der Waals surface area contributed by atoms with Crippen molar-refractivity contribution in [3.05, 3.63) is 23.8 Å². The molecule has 130 valence electrons. The molecule has 8 nitrogen and oxygen atoms in total. The third-order valence-corrected chi connectivity index (χ3v) is 4.02. The van der Waals surface area contributed by atoms with Crippen LogP contribution >= 0.6 is 0 Å². The van der Waals surface area contributed by atoms with Crippen LogP contribution in [-0.4, -0.2) is 53.1 Å². The lowest BCUT2D eigenvalue weighted by atomic mass is 10.1. The van der Waals surface area contributed by atoms with Gasteiger partial charge in [0.2, 0.25) is 5.91 Å². The molecule has 1 aliphatic rings. The molecule has 1 aromatic carbocycles. The zero-order valence-electron chi connectivity index (χ0n) is 14.0. The molecular weight excluding hydrogens is 314 g/mol. The third kappa shape index (κ3) is 3.58. The standard InChI is InChI=1S/C16H21N3O5/c1-8-5-6-11-12(7-8)24-10(3)13(15(21)17-11)18-14(20)9(2)19(4)16(22)23/h5-7,9-10,13H,1-4H3,(H,17,21)(H,18,20)(H,22,23)/t9-,10-,13-/m0/s1. The van der Waals surface area contributed by atoms with Crippen molar-refractivity contribution in [3.63, 3.8) is 0 Å². The molecule has 0 unspecified atom stereocenters. The largest absolute Gasteiger partial charge is 0.486 e. The second kappa shape index (κ2) is 6.77. The maximum Gasteiger partial charge on any atom is 0.407 e. The van der Waals surface area contributed by atoms with Gasteiger partial charge in [-0.05, 0) is 38.5 Å². The predicted molar refractivity (Wildman–Crippen MR) is 87.1 cm³/mol. The Morgan fingerprint density at radius 2 is 2.08 bits per heavy atom. The normalized spacial score (nSPS) is 20.8. The number of rotatable bonds is 3. The fourth-order valence-electron chi connectivity index (χ4n) is 2.32. The Kier molecular flexibility index (Phi) is 4.96. The van der Waals surface area contributed by atoms with E-state index in [9.17, 15) is 14.4 Å². The van der Waals surface area contributed by atoms with Gasteiger partial charge >= 0.3 is 6.09 Å². The maximum absolute atomic E-state index is 12.4. The van der Waals surface area contributed by atoms with Gasteiger partial charge in [0.25, 0.3) is 5.91 Å². The van der Waals surface area contributed by atoms with Crippen LogP contribution in [0.25, 0.3) is 0 Å². The molecular formula is C16H21N3O5. The number of benzene rings is 1. The lowest BCUT2D eigenvalue weighted by molar-refractivity contribution is -0.130. The monoisotopic (exact) mass is 335 g/mol. The Hall–Kier alpha value is -2.77. The number of likely N-dealkylation sites (N-methyl/N-ethyl adjacent to an activating group) is 1. The van der Waals surface area contributed by atoms with Crippen molar-refractivity contribution >= 4 is 23.6 Å². The zero-order valence-corrected chi connectivity index (χ0v) is 14.0. The van der Waals surface area contributed by atoms with Crippen molar-refractivity contribution in [2.75, 3.05) is 12.4 Å². The van der Waals surface area contributed by atoms with Gasteiger partial charge in [0, 0.05) is 7.05 Å². The highest BCUT2D eigenvalue weighted by atomic mass is 16.5. The number of hydrogen-bond acceptors (Lipinski definition) is 4. The van der Waals surface area contributed by atoms with Gasteiger partial charge in [-0.1, -0.05) is 6.07 Å². The van der Waals surface area contributed by atoms with Gasteiger partial charge in [0.15, 0.2) is 0 Å². The van der Waals surface area contributed by atoms with Crippen LogP contribution in [0.4, 0.5) is 10.5 Å². The van der Waals surface area contributed by atoms with Crippen molar-refractivity contribution in [3.8, 4) is 5.75 Å². The van der Waals surface area contributed by atoms with Gasteiger partial charge in [0.05, 0.1) is 5.69 Å². The number of amides is 3. The highest BCUT2D eigenvalue weighted by Crippen LogP contribution is 2.29. The second-order valence-electron chi connectivity index (χ2n) is 5.87. The summed E-state index contributed by atoms with van der Waals surface area (Å²) in [6, 6.07) is 3.51. The van der Waals surface area contributed by atoms with Crippen molar-refractivity contribution in [2.24, 2.45) is 0 Å². The minimum absolute atomic E-state index is 0.413. The number of ether oxygens (including phenoxy) is 1. The van der Waals surface area contributed by atoms with Crippen molar-refractivity contribution < 1.29 is 24.2 Å². The van der Waals surface area contributed by atoms with E-state index in [2.05, 4.69) is 10.6 Å². The number of carbonyl (C=O) groups excluding carboxylic acids is 2. The molecule has 0 saturated carbocycles. The fourth-order valence-corrected chi connectivity index (χ4v) is 2.32. The van der Waals surface area contributed by atoms with Crippen LogP contribution in [0.5, 0.6) is 5.75 Å². The molecule has 3 atom stereocenters. The highest BCUT2D eigenvalue weighted by Gasteiger charge is 2.34. The Morgan fingerprint density at radius 1 is 1.42 bits per heavy atom. The molecule has 2 rings (SSSR count). The number of aryl methyl sites for hydroxylation is 1. The summed E-state index contributed by atoms with van der Waals surface area (Å²) in [5.74, 6) is -0.454. The number of fused-ring (bicyclic) bond motifs is 1. The van der Waals surface area contributed by atoms with Crippen LogP contribution in [0.3, 0.4) is 0 Å². The van der Waals surface area contributed by atoms with E-state index in [1.165, 1.54) is 14.0 Å². The smallest absolute Gasteiger partial charge is 0.407 e. The van der Waals surface area contributed by atoms with E-state index in [0.717, 1.165) is 10.5 Å². The summed E-state index contributed by atoms with van der Waals surface area (Å²) in [6.07, 6.45) is -1.84. The average molecular weight is 335 g/mol. The second-order valence-corrected chi connectivity index (χ2v) is 5.87. The molecule has 0 aromatic heterocycles. The van der Waals surface area contributed by atoms with Crippen LogP contribution < -0.4 is 15.4 Å². The zero-order chi connectivity index (χ0) is 18.0. The maximum atomic E-state index is 12.4. The highest BCUT2D eigenvalue weighted by molar-refractivity contribution is 6.00. The summed E-state index contributed by atoms with van der Waals surface area (Å²) in [6.45, 7) is 5.03. The molecule has 24 heavy (non-hydrogen) atoms. The number of carboxylic acid groups (broad SMARTS) is 1. The first-order valence-electron chi connectivity index (χ1n) is 7.55. The van der Waals surface area contributed by atoms with E-state index in [1.54, 1.807) is 19.1 Å². The average Bonchev–Trinajstić information content (AvgIpc) is 2.63. The van der Waals surface area contributed by atoms with E-state index >= 15 is 0 Å². The van der Waals surface area contributed by atoms with Crippen molar-refractivity contribution in [2.45, 2.75) is 39.0 Å². The number of carbonyl (C=O) groups is 3. The summed E-state index contributed by atoms with van der Waals surface area (Å²) >= 11 is 0.